The Bertz CT molecular complexity index is 800. The number of aromatic nitrogens is 2. The van der Waals surface area contributed by atoms with Crippen molar-refractivity contribution in [1.29, 1.82) is 0 Å². The molecule has 6 heteroatoms. The molecule has 1 aliphatic rings. The van der Waals surface area contributed by atoms with Crippen LogP contribution in [0.15, 0.2) is 29.1 Å². The van der Waals surface area contributed by atoms with E-state index in [1.54, 1.807) is 6.07 Å². The number of piperidine rings is 1. The van der Waals surface area contributed by atoms with Gasteiger partial charge < -0.3 is 9.64 Å². The summed E-state index contributed by atoms with van der Waals surface area (Å²) < 4.78 is 6.30. The van der Waals surface area contributed by atoms with Crippen molar-refractivity contribution in [2.24, 2.45) is 5.92 Å². The summed E-state index contributed by atoms with van der Waals surface area (Å²) in [5.74, 6) is 0.0522. The normalized spacial score (nSPS) is 18.7. The highest BCUT2D eigenvalue weighted by molar-refractivity contribution is 5.86. The maximum absolute atomic E-state index is 12.8. The summed E-state index contributed by atoms with van der Waals surface area (Å²) in [4.78, 5) is 26.7. The fraction of sp³-hybridized carbons (Fsp3) is 0.500. The van der Waals surface area contributed by atoms with Crippen LogP contribution in [0.5, 0.6) is 0 Å². The van der Waals surface area contributed by atoms with Gasteiger partial charge in [0.1, 0.15) is 0 Å². The molecule has 2 heterocycles. The molecule has 2 aromatic rings. The summed E-state index contributed by atoms with van der Waals surface area (Å²) in [6.45, 7) is 2.65. The molecule has 1 aromatic heterocycles. The van der Waals surface area contributed by atoms with E-state index in [9.17, 15) is 9.59 Å². The molecule has 0 spiro atoms. The minimum Gasteiger partial charge on any atom is -0.469 e. The zero-order valence-corrected chi connectivity index (χ0v) is 14.2. The summed E-state index contributed by atoms with van der Waals surface area (Å²) >= 11 is 0. The molecule has 1 aliphatic heterocycles. The Morgan fingerprint density at radius 2 is 2.08 bits per heavy atom. The molecule has 1 aromatic carbocycles. The van der Waals surface area contributed by atoms with Crippen molar-refractivity contribution in [3.63, 3.8) is 0 Å². The van der Waals surface area contributed by atoms with E-state index in [2.05, 4.69) is 17.0 Å². The number of nitrogens with zero attached hydrogens (tertiary/aromatic N) is 3. The summed E-state index contributed by atoms with van der Waals surface area (Å²) in [5.41, 5.74) is 0.508. The molecule has 0 bridgehead atoms. The quantitative estimate of drug-likeness (QED) is 0.795. The molecular weight excluding hydrogens is 306 g/mol. The number of likely N-dealkylation sites (tertiary alicyclic amines) is 1. The molecule has 1 fully saturated rings. The van der Waals surface area contributed by atoms with Crippen molar-refractivity contribution in [2.45, 2.75) is 25.8 Å². The number of ether oxygens (including phenoxy) is 1. The van der Waals surface area contributed by atoms with Gasteiger partial charge in [-0.25, -0.2) is 4.68 Å². The van der Waals surface area contributed by atoms with E-state index in [-0.39, 0.29) is 17.9 Å². The number of carbonyl (C=O) groups is 1. The van der Waals surface area contributed by atoms with E-state index in [0.29, 0.717) is 23.5 Å². The van der Waals surface area contributed by atoms with Gasteiger partial charge in [0.25, 0.3) is 5.56 Å². The first kappa shape index (κ1) is 16.6. The number of esters is 1. The van der Waals surface area contributed by atoms with Crippen LogP contribution >= 0.6 is 0 Å². The largest absolute Gasteiger partial charge is 0.469 e. The number of methoxy groups -OCH3 is 1. The molecule has 1 saturated heterocycles. The Morgan fingerprint density at radius 1 is 1.33 bits per heavy atom. The summed E-state index contributed by atoms with van der Waals surface area (Å²) in [6, 6.07) is 7.32. The second-order valence-corrected chi connectivity index (χ2v) is 6.50. The van der Waals surface area contributed by atoms with E-state index < -0.39 is 0 Å². The van der Waals surface area contributed by atoms with Crippen molar-refractivity contribution < 1.29 is 9.53 Å². The molecule has 24 heavy (non-hydrogen) atoms. The maximum Gasteiger partial charge on any atom is 0.311 e. The fourth-order valence-electron chi connectivity index (χ4n) is 3.44. The van der Waals surface area contributed by atoms with Crippen LogP contribution < -0.4 is 5.56 Å². The predicted octanol–water partition coefficient (Wildman–Crippen LogP) is 1.45. The van der Waals surface area contributed by atoms with Gasteiger partial charge in [-0.2, -0.15) is 5.10 Å². The van der Waals surface area contributed by atoms with Crippen LogP contribution in [0.4, 0.5) is 0 Å². The number of carbonyl (C=O) groups excluding carboxylic acids is 1. The second-order valence-electron chi connectivity index (χ2n) is 6.50. The number of hydrogen-bond donors (Lipinski definition) is 0. The third-order valence-corrected chi connectivity index (χ3v) is 4.64. The molecule has 0 radical (unpaired) electrons. The molecule has 0 N–H and O–H groups in total. The third-order valence-electron chi connectivity index (χ3n) is 4.64. The van der Waals surface area contributed by atoms with Crippen LogP contribution in [0.2, 0.25) is 0 Å². The van der Waals surface area contributed by atoms with Crippen LogP contribution in [-0.2, 0) is 22.5 Å². The third kappa shape index (κ3) is 3.48. The Hall–Kier alpha value is -2.21. The van der Waals surface area contributed by atoms with E-state index in [1.807, 2.05) is 18.2 Å². The first-order valence-corrected chi connectivity index (χ1v) is 8.32. The first-order chi connectivity index (χ1) is 11.6. The van der Waals surface area contributed by atoms with E-state index in [1.165, 1.54) is 11.8 Å². The van der Waals surface area contributed by atoms with Crippen LogP contribution in [0.1, 0.15) is 18.5 Å². The SMILES string of the molecule is COC(=O)Cc1nn(CC2CCCN(C)C2)c(=O)c2ccccc12. The molecular formula is C18H23N3O3. The molecule has 128 valence electrons. The molecule has 0 aliphatic carbocycles. The lowest BCUT2D eigenvalue weighted by Crippen LogP contribution is -2.37. The van der Waals surface area contributed by atoms with Crippen LogP contribution in [0.3, 0.4) is 0 Å². The molecule has 1 atom stereocenters. The average molecular weight is 329 g/mol. The topological polar surface area (TPSA) is 64.4 Å². The number of fused-ring (bicyclic) bond motifs is 1. The minimum atomic E-state index is -0.352. The maximum atomic E-state index is 12.8. The van der Waals surface area contributed by atoms with Crippen LogP contribution in [0, 0.1) is 5.92 Å². The van der Waals surface area contributed by atoms with Crippen molar-refractivity contribution >= 4 is 16.7 Å². The van der Waals surface area contributed by atoms with Gasteiger partial charge in [-0.05, 0) is 38.4 Å². The Balaban J connectivity index is 1.99. The van der Waals surface area contributed by atoms with Gasteiger partial charge in [0.2, 0.25) is 0 Å². The van der Waals surface area contributed by atoms with Gasteiger partial charge in [-0.15, -0.1) is 0 Å². The second kappa shape index (κ2) is 7.13. The Kier molecular flexibility index (Phi) is 4.94. The van der Waals surface area contributed by atoms with Gasteiger partial charge in [0.15, 0.2) is 0 Å². The van der Waals surface area contributed by atoms with E-state index >= 15 is 0 Å². The van der Waals surface area contributed by atoms with Crippen LogP contribution in [0.25, 0.3) is 10.8 Å². The number of rotatable bonds is 4. The molecule has 6 nitrogen and oxygen atoms in total. The van der Waals surface area contributed by atoms with Crippen LogP contribution in [-0.4, -0.2) is 47.9 Å². The van der Waals surface area contributed by atoms with Crippen molar-refractivity contribution in [3.8, 4) is 0 Å². The Labute approximate surface area is 141 Å². The summed E-state index contributed by atoms with van der Waals surface area (Å²) in [7, 11) is 3.46. The van der Waals surface area contributed by atoms with Gasteiger partial charge in [-0.1, -0.05) is 18.2 Å². The fourth-order valence-corrected chi connectivity index (χ4v) is 3.44. The average Bonchev–Trinajstić information content (AvgIpc) is 2.59. The van der Waals surface area contributed by atoms with E-state index in [0.717, 1.165) is 31.3 Å². The van der Waals surface area contributed by atoms with E-state index in [4.69, 9.17) is 4.74 Å². The van der Waals surface area contributed by atoms with Crippen molar-refractivity contribution in [3.05, 3.63) is 40.3 Å². The predicted molar refractivity (Wildman–Crippen MR) is 91.9 cm³/mol. The standard InChI is InChI=1S/C18H23N3O3/c1-20-9-5-6-13(11-20)12-21-18(23)15-8-4-3-7-14(15)16(19-21)10-17(22)24-2/h3-4,7-8,13H,5-6,9-12H2,1-2H3. The zero-order valence-electron chi connectivity index (χ0n) is 14.2. The highest BCUT2D eigenvalue weighted by atomic mass is 16.5. The molecule has 0 amide bonds. The lowest BCUT2D eigenvalue weighted by Gasteiger charge is -2.29. The summed E-state index contributed by atoms with van der Waals surface area (Å²) in [6.07, 6.45) is 2.30. The van der Waals surface area contributed by atoms with Gasteiger partial charge in [-0.3, -0.25) is 9.59 Å². The monoisotopic (exact) mass is 329 g/mol. The smallest absolute Gasteiger partial charge is 0.311 e. The van der Waals surface area contributed by atoms with Gasteiger partial charge >= 0.3 is 5.97 Å². The first-order valence-electron chi connectivity index (χ1n) is 8.32. The highest BCUT2D eigenvalue weighted by Gasteiger charge is 2.20. The minimum absolute atomic E-state index is 0.0713. The zero-order chi connectivity index (χ0) is 17.1. The molecule has 0 saturated carbocycles. The van der Waals surface area contributed by atoms with Crippen molar-refractivity contribution in [1.82, 2.24) is 14.7 Å². The lowest BCUT2D eigenvalue weighted by molar-refractivity contribution is -0.139. The Morgan fingerprint density at radius 3 is 2.79 bits per heavy atom. The molecule has 1 unspecified atom stereocenters. The van der Waals surface area contributed by atoms with Gasteiger partial charge in [0.05, 0.1) is 24.6 Å². The van der Waals surface area contributed by atoms with Crippen molar-refractivity contribution in [2.75, 3.05) is 27.2 Å². The lowest BCUT2D eigenvalue weighted by atomic mass is 9.98. The highest BCUT2D eigenvalue weighted by Crippen LogP contribution is 2.18. The number of hydrogen-bond acceptors (Lipinski definition) is 5. The summed E-state index contributed by atoms with van der Waals surface area (Å²) in [5, 5.41) is 5.83. The molecule has 3 rings (SSSR count). The number of benzene rings is 1. The van der Waals surface area contributed by atoms with Gasteiger partial charge in [0, 0.05) is 18.5 Å².